The lowest BCUT2D eigenvalue weighted by Gasteiger charge is -2.13. The van der Waals surface area contributed by atoms with Crippen molar-refractivity contribution in [3.05, 3.63) is 36.1 Å². The molecule has 2 heterocycles. The van der Waals surface area contributed by atoms with Gasteiger partial charge in [-0.05, 0) is 11.6 Å². The Kier molecular flexibility index (Phi) is 2.71. The monoisotopic (exact) mass is 192 g/mol. The molecule has 0 aliphatic carbocycles. The zero-order valence-electron chi connectivity index (χ0n) is 7.68. The number of nitrogens with zero attached hydrogens (tertiary/aromatic N) is 2. The van der Waals surface area contributed by atoms with Crippen LogP contribution in [0.25, 0.3) is 0 Å². The van der Waals surface area contributed by atoms with E-state index >= 15 is 0 Å². The lowest BCUT2D eigenvalue weighted by atomic mass is 10.1. The molecule has 5 nitrogen and oxygen atoms in total. The van der Waals surface area contributed by atoms with Gasteiger partial charge in [0.25, 0.3) is 0 Å². The standard InChI is InChI=1S/C9H12N4O/c10-13-8(7-2-5-14-6-7)9-11-3-1-4-12-9/h1,3-4,6,8,13H,2,5,10H2. The number of nitrogens with two attached hydrogens (primary N) is 1. The Balaban J connectivity index is 2.21. The molecule has 0 saturated heterocycles. The molecule has 1 aliphatic rings. The molecule has 0 saturated carbocycles. The van der Waals surface area contributed by atoms with E-state index in [1.165, 1.54) is 0 Å². The summed E-state index contributed by atoms with van der Waals surface area (Å²) in [6.07, 6.45) is 5.99. The summed E-state index contributed by atoms with van der Waals surface area (Å²) < 4.78 is 5.15. The van der Waals surface area contributed by atoms with Gasteiger partial charge < -0.3 is 4.74 Å². The van der Waals surface area contributed by atoms with Crippen molar-refractivity contribution >= 4 is 0 Å². The van der Waals surface area contributed by atoms with Crippen LogP contribution in [-0.2, 0) is 4.74 Å². The highest BCUT2D eigenvalue weighted by Crippen LogP contribution is 2.23. The van der Waals surface area contributed by atoms with E-state index < -0.39 is 0 Å². The van der Waals surface area contributed by atoms with Gasteiger partial charge in [0.2, 0.25) is 0 Å². The van der Waals surface area contributed by atoms with E-state index in [1.807, 2.05) is 0 Å². The van der Waals surface area contributed by atoms with Crippen molar-refractivity contribution in [2.45, 2.75) is 12.5 Å². The van der Waals surface area contributed by atoms with Gasteiger partial charge in [-0.25, -0.2) is 15.4 Å². The number of hydrogen-bond acceptors (Lipinski definition) is 5. The van der Waals surface area contributed by atoms with Crippen molar-refractivity contribution in [2.24, 2.45) is 5.84 Å². The summed E-state index contributed by atoms with van der Waals surface area (Å²) in [6, 6.07) is 1.63. The van der Waals surface area contributed by atoms with Gasteiger partial charge in [-0.1, -0.05) is 0 Å². The Morgan fingerprint density at radius 3 is 2.79 bits per heavy atom. The first-order chi connectivity index (χ1) is 6.92. The highest BCUT2D eigenvalue weighted by molar-refractivity contribution is 5.17. The third-order valence-corrected chi connectivity index (χ3v) is 2.12. The largest absolute Gasteiger partial charge is 0.501 e. The average Bonchev–Trinajstić information content (AvgIpc) is 2.74. The Labute approximate surface area is 82.0 Å². The molecule has 5 heteroatoms. The fourth-order valence-electron chi connectivity index (χ4n) is 1.42. The van der Waals surface area contributed by atoms with Crippen LogP contribution in [0.5, 0.6) is 0 Å². The summed E-state index contributed by atoms with van der Waals surface area (Å²) in [5.41, 5.74) is 3.77. The van der Waals surface area contributed by atoms with Gasteiger partial charge >= 0.3 is 0 Å². The topological polar surface area (TPSA) is 73.1 Å². The van der Waals surface area contributed by atoms with E-state index in [4.69, 9.17) is 10.6 Å². The van der Waals surface area contributed by atoms with E-state index in [0.29, 0.717) is 12.4 Å². The lowest BCUT2D eigenvalue weighted by Crippen LogP contribution is -2.30. The van der Waals surface area contributed by atoms with Crippen LogP contribution >= 0.6 is 0 Å². The second kappa shape index (κ2) is 4.17. The number of aromatic nitrogens is 2. The maximum Gasteiger partial charge on any atom is 0.150 e. The Morgan fingerprint density at radius 2 is 2.21 bits per heavy atom. The minimum Gasteiger partial charge on any atom is -0.501 e. The second-order valence-electron chi connectivity index (χ2n) is 3.02. The minimum absolute atomic E-state index is 0.140. The van der Waals surface area contributed by atoms with Gasteiger partial charge in [0, 0.05) is 18.8 Å². The van der Waals surface area contributed by atoms with E-state index in [1.54, 1.807) is 24.7 Å². The van der Waals surface area contributed by atoms with Crippen molar-refractivity contribution < 1.29 is 4.74 Å². The fraction of sp³-hybridized carbons (Fsp3) is 0.333. The third-order valence-electron chi connectivity index (χ3n) is 2.12. The SMILES string of the molecule is NNC(C1=COCC1)c1ncccn1. The van der Waals surface area contributed by atoms with Crippen LogP contribution in [0.15, 0.2) is 30.3 Å². The molecule has 1 atom stereocenters. The number of nitrogens with one attached hydrogen (secondary N) is 1. The van der Waals surface area contributed by atoms with Crippen LogP contribution in [0, 0.1) is 0 Å². The molecule has 14 heavy (non-hydrogen) atoms. The maximum atomic E-state index is 5.46. The van der Waals surface area contributed by atoms with Crippen LogP contribution in [0.3, 0.4) is 0 Å². The van der Waals surface area contributed by atoms with E-state index in [2.05, 4.69) is 15.4 Å². The van der Waals surface area contributed by atoms with Crippen molar-refractivity contribution in [1.82, 2.24) is 15.4 Å². The zero-order chi connectivity index (χ0) is 9.80. The normalized spacial score (nSPS) is 17.4. The van der Waals surface area contributed by atoms with Crippen molar-refractivity contribution in [3.63, 3.8) is 0 Å². The molecule has 0 amide bonds. The number of ether oxygens (including phenoxy) is 1. The van der Waals surface area contributed by atoms with Crippen molar-refractivity contribution in [1.29, 1.82) is 0 Å². The molecule has 1 unspecified atom stereocenters. The summed E-state index contributed by atoms with van der Waals surface area (Å²) in [7, 11) is 0. The molecule has 0 aromatic carbocycles. The van der Waals surface area contributed by atoms with E-state index in [9.17, 15) is 0 Å². The average molecular weight is 192 g/mol. The highest BCUT2D eigenvalue weighted by atomic mass is 16.5. The Hall–Kier alpha value is -1.46. The van der Waals surface area contributed by atoms with Gasteiger partial charge in [0.15, 0.2) is 5.82 Å². The fourth-order valence-corrected chi connectivity index (χ4v) is 1.42. The van der Waals surface area contributed by atoms with Crippen molar-refractivity contribution in [2.75, 3.05) is 6.61 Å². The third kappa shape index (κ3) is 1.73. The molecule has 0 radical (unpaired) electrons. The van der Waals surface area contributed by atoms with Crippen LogP contribution in [0.2, 0.25) is 0 Å². The highest BCUT2D eigenvalue weighted by Gasteiger charge is 2.20. The van der Waals surface area contributed by atoms with Gasteiger partial charge in [-0.3, -0.25) is 5.84 Å². The van der Waals surface area contributed by atoms with Gasteiger partial charge in [-0.15, -0.1) is 0 Å². The Morgan fingerprint density at radius 1 is 1.43 bits per heavy atom. The summed E-state index contributed by atoms with van der Waals surface area (Å²) >= 11 is 0. The summed E-state index contributed by atoms with van der Waals surface area (Å²) in [6.45, 7) is 0.709. The lowest BCUT2D eigenvalue weighted by molar-refractivity contribution is 0.281. The number of rotatable bonds is 3. The molecular formula is C9H12N4O. The second-order valence-corrected chi connectivity index (χ2v) is 3.02. The van der Waals surface area contributed by atoms with Crippen LogP contribution in [0.4, 0.5) is 0 Å². The summed E-state index contributed by atoms with van der Waals surface area (Å²) in [5, 5.41) is 0. The maximum absolute atomic E-state index is 5.46. The molecule has 1 aromatic heterocycles. The molecule has 3 N–H and O–H groups in total. The first kappa shape index (κ1) is 9.11. The summed E-state index contributed by atoms with van der Waals surface area (Å²) in [4.78, 5) is 8.29. The number of hydrogen-bond donors (Lipinski definition) is 2. The molecule has 1 aliphatic heterocycles. The van der Waals surface area contributed by atoms with Crippen LogP contribution in [-0.4, -0.2) is 16.6 Å². The molecule has 74 valence electrons. The van der Waals surface area contributed by atoms with Gasteiger partial charge in [0.1, 0.15) is 6.04 Å². The summed E-state index contributed by atoms with van der Waals surface area (Å²) in [5.74, 6) is 6.13. The van der Waals surface area contributed by atoms with Gasteiger partial charge in [-0.2, -0.15) is 0 Å². The zero-order valence-corrected chi connectivity index (χ0v) is 7.68. The first-order valence-corrected chi connectivity index (χ1v) is 4.45. The smallest absolute Gasteiger partial charge is 0.150 e. The van der Waals surface area contributed by atoms with Crippen molar-refractivity contribution in [3.8, 4) is 0 Å². The molecule has 1 aromatic rings. The predicted molar refractivity (Wildman–Crippen MR) is 50.7 cm³/mol. The number of hydrazine groups is 1. The molecule has 2 rings (SSSR count). The van der Waals surface area contributed by atoms with Crippen LogP contribution in [0.1, 0.15) is 18.3 Å². The molecule has 0 bridgehead atoms. The van der Waals surface area contributed by atoms with E-state index in [0.717, 1.165) is 12.0 Å². The molecule has 0 spiro atoms. The van der Waals surface area contributed by atoms with Crippen LogP contribution < -0.4 is 11.3 Å². The van der Waals surface area contributed by atoms with E-state index in [-0.39, 0.29) is 6.04 Å². The Bertz CT molecular complexity index is 325. The quantitative estimate of drug-likeness (QED) is 0.531. The first-order valence-electron chi connectivity index (χ1n) is 4.45. The predicted octanol–water partition coefficient (Wildman–Crippen LogP) is 0.285. The molecular weight excluding hydrogens is 180 g/mol. The van der Waals surface area contributed by atoms with Gasteiger partial charge in [0.05, 0.1) is 12.9 Å². The molecule has 0 fully saturated rings. The minimum atomic E-state index is -0.140.